The van der Waals surface area contributed by atoms with Gasteiger partial charge in [-0.3, -0.25) is 14.8 Å². The normalized spacial score (nSPS) is 16.1. The number of amides is 1. The number of aromatic amines is 1. The van der Waals surface area contributed by atoms with Crippen molar-refractivity contribution >= 4 is 18.3 Å². The van der Waals surface area contributed by atoms with Gasteiger partial charge in [-0.15, -0.1) is 12.4 Å². The zero-order valence-corrected chi connectivity index (χ0v) is 17.9. The summed E-state index contributed by atoms with van der Waals surface area (Å²) in [5, 5.41) is 10.4. The fourth-order valence-electron chi connectivity index (χ4n) is 3.72. The van der Waals surface area contributed by atoms with Gasteiger partial charge in [-0.25, -0.2) is 4.98 Å². The minimum absolute atomic E-state index is 0. The number of H-pyrrole nitrogens is 1. The number of carbonyl (C=O) groups is 1. The van der Waals surface area contributed by atoms with E-state index in [4.69, 9.17) is 4.74 Å². The SMILES string of the molecule is COc1ccc(-c2nc(-c3cccc(CN4CC[C@H](NC(C)=O)C4)c3)n[nH]2)cc1.Cl. The number of rotatable bonds is 6. The maximum Gasteiger partial charge on any atom is 0.217 e. The van der Waals surface area contributed by atoms with Crippen LogP contribution in [0.2, 0.25) is 0 Å². The van der Waals surface area contributed by atoms with Crippen molar-refractivity contribution in [1.29, 1.82) is 0 Å². The molecule has 1 atom stereocenters. The van der Waals surface area contributed by atoms with Crippen molar-refractivity contribution < 1.29 is 9.53 Å². The van der Waals surface area contributed by atoms with Crippen LogP contribution >= 0.6 is 12.4 Å². The number of hydrogen-bond acceptors (Lipinski definition) is 5. The van der Waals surface area contributed by atoms with Crippen molar-refractivity contribution in [2.24, 2.45) is 0 Å². The van der Waals surface area contributed by atoms with Gasteiger partial charge in [-0.05, 0) is 42.3 Å². The lowest BCUT2D eigenvalue weighted by Crippen LogP contribution is -2.35. The molecule has 3 aromatic rings. The Morgan fingerprint density at radius 2 is 2.03 bits per heavy atom. The molecule has 0 saturated carbocycles. The van der Waals surface area contributed by atoms with Gasteiger partial charge in [0.1, 0.15) is 5.75 Å². The van der Waals surface area contributed by atoms with Crippen molar-refractivity contribution in [2.75, 3.05) is 20.2 Å². The van der Waals surface area contributed by atoms with E-state index in [1.807, 2.05) is 36.4 Å². The molecule has 0 spiro atoms. The molecule has 4 rings (SSSR count). The number of benzene rings is 2. The highest BCUT2D eigenvalue weighted by Gasteiger charge is 2.23. The molecule has 1 amide bonds. The minimum Gasteiger partial charge on any atom is -0.497 e. The van der Waals surface area contributed by atoms with Crippen LogP contribution in [0.3, 0.4) is 0 Å². The molecule has 1 aromatic heterocycles. The van der Waals surface area contributed by atoms with E-state index in [1.54, 1.807) is 14.0 Å². The van der Waals surface area contributed by atoms with Gasteiger partial charge in [0.15, 0.2) is 11.6 Å². The van der Waals surface area contributed by atoms with E-state index in [9.17, 15) is 4.79 Å². The van der Waals surface area contributed by atoms with Crippen LogP contribution in [0.15, 0.2) is 48.5 Å². The Hall–Kier alpha value is -2.90. The van der Waals surface area contributed by atoms with Crippen LogP contribution in [0, 0.1) is 0 Å². The topological polar surface area (TPSA) is 83.1 Å². The predicted octanol–water partition coefficient (Wildman–Crippen LogP) is 3.28. The van der Waals surface area contributed by atoms with E-state index >= 15 is 0 Å². The summed E-state index contributed by atoms with van der Waals surface area (Å²) in [5.41, 5.74) is 3.15. The van der Waals surface area contributed by atoms with Gasteiger partial charge < -0.3 is 10.1 Å². The minimum atomic E-state index is 0. The fourth-order valence-corrected chi connectivity index (χ4v) is 3.72. The third-order valence-electron chi connectivity index (χ3n) is 5.12. The maximum absolute atomic E-state index is 11.3. The van der Waals surface area contributed by atoms with Crippen LogP contribution in [0.1, 0.15) is 18.9 Å². The Balaban J connectivity index is 0.00000256. The first-order valence-corrected chi connectivity index (χ1v) is 9.76. The second kappa shape index (κ2) is 9.73. The monoisotopic (exact) mass is 427 g/mol. The Morgan fingerprint density at radius 3 is 2.77 bits per heavy atom. The van der Waals surface area contributed by atoms with E-state index in [0.717, 1.165) is 48.8 Å². The van der Waals surface area contributed by atoms with Crippen LogP contribution in [0.4, 0.5) is 0 Å². The molecule has 7 nitrogen and oxygen atoms in total. The van der Waals surface area contributed by atoms with Crippen LogP contribution in [0.25, 0.3) is 22.8 Å². The lowest BCUT2D eigenvalue weighted by molar-refractivity contribution is -0.119. The van der Waals surface area contributed by atoms with E-state index in [1.165, 1.54) is 5.56 Å². The number of nitrogens with one attached hydrogen (secondary N) is 2. The number of carbonyl (C=O) groups excluding carboxylic acids is 1. The number of ether oxygens (including phenoxy) is 1. The molecule has 0 radical (unpaired) electrons. The fraction of sp³-hybridized carbons (Fsp3) is 0.318. The van der Waals surface area contributed by atoms with Crippen LogP contribution < -0.4 is 10.1 Å². The molecular weight excluding hydrogens is 402 g/mol. The third-order valence-corrected chi connectivity index (χ3v) is 5.12. The second-order valence-corrected chi connectivity index (χ2v) is 7.36. The van der Waals surface area contributed by atoms with Crippen LogP contribution in [0.5, 0.6) is 5.75 Å². The van der Waals surface area contributed by atoms with Gasteiger partial charge in [0, 0.05) is 43.7 Å². The molecule has 0 aliphatic carbocycles. The first-order chi connectivity index (χ1) is 14.1. The summed E-state index contributed by atoms with van der Waals surface area (Å²) in [6.07, 6.45) is 0.991. The Morgan fingerprint density at radius 1 is 1.23 bits per heavy atom. The summed E-state index contributed by atoms with van der Waals surface area (Å²) in [5.74, 6) is 2.25. The molecule has 1 fully saturated rings. The summed E-state index contributed by atoms with van der Waals surface area (Å²) >= 11 is 0. The zero-order valence-electron chi connectivity index (χ0n) is 17.1. The van der Waals surface area contributed by atoms with Gasteiger partial charge in [0.25, 0.3) is 0 Å². The summed E-state index contributed by atoms with van der Waals surface area (Å²) in [4.78, 5) is 18.3. The molecule has 2 heterocycles. The molecule has 1 aliphatic rings. The van der Waals surface area contributed by atoms with Gasteiger partial charge in [-0.2, -0.15) is 5.10 Å². The molecular formula is C22H26ClN5O2. The van der Waals surface area contributed by atoms with Crippen molar-refractivity contribution in [1.82, 2.24) is 25.4 Å². The van der Waals surface area contributed by atoms with Gasteiger partial charge >= 0.3 is 0 Å². The molecule has 8 heteroatoms. The highest BCUT2D eigenvalue weighted by molar-refractivity contribution is 5.85. The highest BCUT2D eigenvalue weighted by atomic mass is 35.5. The largest absolute Gasteiger partial charge is 0.497 e. The van der Waals surface area contributed by atoms with Gasteiger partial charge in [-0.1, -0.05) is 18.2 Å². The van der Waals surface area contributed by atoms with E-state index in [2.05, 4.69) is 37.5 Å². The second-order valence-electron chi connectivity index (χ2n) is 7.36. The van der Waals surface area contributed by atoms with Gasteiger partial charge in [0.2, 0.25) is 5.91 Å². The average Bonchev–Trinajstić information content (AvgIpc) is 3.38. The average molecular weight is 428 g/mol. The smallest absolute Gasteiger partial charge is 0.217 e. The molecule has 1 aliphatic heterocycles. The number of hydrogen-bond donors (Lipinski definition) is 2. The van der Waals surface area contributed by atoms with Gasteiger partial charge in [0.05, 0.1) is 7.11 Å². The zero-order chi connectivity index (χ0) is 20.2. The molecule has 0 unspecified atom stereocenters. The lowest BCUT2D eigenvalue weighted by Gasteiger charge is -2.16. The van der Waals surface area contributed by atoms with Crippen molar-refractivity contribution in [3.8, 4) is 28.5 Å². The van der Waals surface area contributed by atoms with Crippen molar-refractivity contribution in [3.05, 3.63) is 54.1 Å². The number of likely N-dealkylation sites (tertiary alicyclic amines) is 1. The molecule has 30 heavy (non-hydrogen) atoms. The van der Waals surface area contributed by atoms with E-state index < -0.39 is 0 Å². The first kappa shape index (κ1) is 21.8. The highest BCUT2D eigenvalue weighted by Crippen LogP contribution is 2.23. The van der Waals surface area contributed by atoms with Crippen LogP contribution in [-0.2, 0) is 11.3 Å². The Kier molecular flexibility index (Phi) is 7.07. The van der Waals surface area contributed by atoms with E-state index in [0.29, 0.717) is 5.82 Å². The quantitative estimate of drug-likeness (QED) is 0.630. The Bertz CT molecular complexity index is 989. The number of halogens is 1. The summed E-state index contributed by atoms with van der Waals surface area (Å²) in [7, 11) is 1.65. The number of methoxy groups -OCH3 is 1. The molecule has 158 valence electrons. The molecule has 2 N–H and O–H groups in total. The van der Waals surface area contributed by atoms with Crippen molar-refractivity contribution in [2.45, 2.75) is 25.9 Å². The first-order valence-electron chi connectivity index (χ1n) is 9.76. The lowest BCUT2D eigenvalue weighted by atomic mass is 10.1. The predicted molar refractivity (Wildman–Crippen MR) is 119 cm³/mol. The number of aromatic nitrogens is 3. The maximum atomic E-state index is 11.3. The summed E-state index contributed by atoms with van der Waals surface area (Å²) < 4.78 is 5.20. The van der Waals surface area contributed by atoms with Crippen molar-refractivity contribution in [3.63, 3.8) is 0 Å². The molecule has 1 saturated heterocycles. The van der Waals surface area contributed by atoms with Crippen LogP contribution in [-0.4, -0.2) is 52.2 Å². The standard InChI is InChI=1S/C22H25N5O2.ClH/c1-15(28)23-19-10-11-27(14-19)13-16-4-3-5-18(12-16)22-24-21(25-26-22)17-6-8-20(29-2)9-7-17;/h3-9,12,19H,10-11,13-14H2,1-2H3,(H,23,28)(H,24,25,26);1H/t19-;/m0./s1. The number of nitrogens with zero attached hydrogens (tertiary/aromatic N) is 3. The Labute approximate surface area is 182 Å². The molecule has 0 bridgehead atoms. The summed E-state index contributed by atoms with van der Waals surface area (Å²) in [6.45, 7) is 4.28. The third kappa shape index (κ3) is 5.17. The van der Waals surface area contributed by atoms with E-state index in [-0.39, 0.29) is 24.4 Å². The molecule has 2 aromatic carbocycles. The summed E-state index contributed by atoms with van der Waals surface area (Å²) in [6, 6.07) is 16.3.